The predicted molar refractivity (Wildman–Crippen MR) is 93.3 cm³/mol. The smallest absolute Gasteiger partial charge is 0.263 e. The zero-order valence-corrected chi connectivity index (χ0v) is 14.6. The van der Waals surface area contributed by atoms with Crippen LogP contribution in [0.1, 0.15) is 38.2 Å². The van der Waals surface area contributed by atoms with Gasteiger partial charge in [0, 0.05) is 12.1 Å². The molecule has 1 heterocycles. The number of carbonyl (C=O) groups is 1. The van der Waals surface area contributed by atoms with Gasteiger partial charge in [0.05, 0.1) is 4.90 Å². The molecule has 1 unspecified atom stereocenters. The molecule has 0 fully saturated rings. The summed E-state index contributed by atoms with van der Waals surface area (Å²) in [5.41, 5.74) is 5.94. The molecule has 0 aromatic heterocycles. The molecule has 1 atom stereocenters. The number of hydrogen-bond donors (Lipinski definition) is 3. The lowest BCUT2D eigenvalue weighted by Gasteiger charge is -2.13. The number of nitrogens with one attached hydrogen (secondary N) is 2. The van der Waals surface area contributed by atoms with Crippen molar-refractivity contribution in [3.05, 3.63) is 29.8 Å². The van der Waals surface area contributed by atoms with Gasteiger partial charge in [-0.15, -0.1) is 0 Å². The van der Waals surface area contributed by atoms with Gasteiger partial charge in [0.1, 0.15) is 11.9 Å². The number of unbranched alkanes of at least 4 members (excludes halogenated alkanes) is 1. The summed E-state index contributed by atoms with van der Waals surface area (Å²) in [4.78, 5) is 17.0. The molecule has 1 aromatic carbocycles. The highest BCUT2D eigenvalue weighted by atomic mass is 32.2. The Labute approximate surface area is 142 Å². The third kappa shape index (κ3) is 4.33. The Morgan fingerprint density at radius 2 is 2.08 bits per heavy atom. The van der Waals surface area contributed by atoms with E-state index in [2.05, 4.69) is 15.0 Å². The van der Waals surface area contributed by atoms with Crippen LogP contribution in [0.5, 0.6) is 0 Å². The number of fused-ring (bicyclic) bond motifs is 1. The molecule has 8 heteroatoms. The van der Waals surface area contributed by atoms with Crippen LogP contribution in [0.15, 0.2) is 34.2 Å². The average Bonchev–Trinajstić information content (AvgIpc) is 2.82. The van der Waals surface area contributed by atoms with Gasteiger partial charge in [-0.05, 0) is 31.5 Å². The number of amides is 1. The predicted octanol–water partition coefficient (Wildman–Crippen LogP) is 0.749. The summed E-state index contributed by atoms with van der Waals surface area (Å²) in [6.45, 7) is 3.02. The van der Waals surface area contributed by atoms with Crippen LogP contribution in [-0.2, 0) is 14.8 Å². The Balaban J connectivity index is 2.25. The molecule has 132 valence electrons. The molecular weight excluding hydrogens is 328 g/mol. The molecule has 1 aliphatic heterocycles. The van der Waals surface area contributed by atoms with Crippen molar-refractivity contribution in [1.29, 1.82) is 0 Å². The molecule has 1 amide bonds. The molecule has 7 nitrogen and oxygen atoms in total. The van der Waals surface area contributed by atoms with Crippen LogP contribution in [0, 0.1) is 0 Å². The highest BCUT2D eigenvalue weighted by Gasteiger charge is 2.31. The van der Waals surface area contributed by atoms with E-state index in [1.807, 2.05) is 6.92 Å². The zero-order valence-electron chi connectivity index (χ0n) is 13.8. The molecule has 2 rings (SSSR count). The van der Waals surface area contributed by atoms with Crippen LogP contribution in [0.25, 0.3) is 0 Å². The van der Waals surface area contributed by atoms with Gasteiger partial charge < -0.3 is 11.1 Å². The van der Waals surface area contributed by atoms with Crippen molar-refractivity contribution in [2.75, 3.05) is 13.1 Å². The number of aliphatic imine (C=N–C) groups is 1. The van der Waals surface area contributed by atoms with E-state index >= 15 is 0 Å². The lowest BCUT2D eigenvalue weighted by Crippen LogP contribution is -2.36. The largest absolute Gasteiger partial charge is 0.354 e. The van der Waals surface area contributed by atoms with E-state index in [1.54, 1.807) is 18.2 Å². The van der Waals surface area contributed by atoms with Crippen molar-refractivity contribution in [1.82, 2.24) is 10.0 Å². The van der Waals surface area contributed by atoms with Gasteiger partial charge in [-0.3, -0.25) is 14.5 Å². The summed E-state index contributed by atoms with van der Waals surface area (Å²) in [5.74, 6) is 0.0358. The van der Waals surface area contributed by atoms with Crippen molar-refractivity contribution >= 4 is 21.8 Å². The summed E-state index contributed by atoms with van der Waals surface area (Å²) in [5, 5.41) is 2.81. The van der Waals surface area contributed by atoms with Crippen LogP contribution < -0.4 is 15.8 Å². The molecule has 4 N–H and O–H groups in total. The summed E-state index contributed by atoms with van der Waals surface area (Å²) >= 11 is 0. The fraction of sp³-hybridized carbons (Fsp3) is 0.500. The molecule has 24 heavy (non-hydrogen) atoms. The monoisotopic (exact) mass is 352 g/mol. The van der Waals surface area contributed by atoms with Crippen LogP contribution in [0.3, 0.4) is 0 Å². The van der Waals surface area contributed by atoms with Gasteiger partial charge in [0.15, 0.2) is 0 Å². The SMILES string of the molecule is CCCCC(N=C1NS(=O)(=O)c2ccccc21)C(=O)NCCCN. The minimum atomic E-state index is -3.60. The third-order valence-electron chi connectivity index (χ3n) is 3.76. The summed E-state index contributed by atoms with van der Waals surface area (Å²) in [7, 11) is -3.60. The number of amidine groups is 1. The summed E-state index contributed by atoms with van der Waals surface area (Å²) in [6, 6.07) is 6.01. The third-order valence-corrected chi connectivity index (χ3v) is 5.16. The van der Waals surface area contributed by atoms with E-state index < -0.39 is 16.1 Å². The molecule has 0 radical (unpaired) electrons. The van der Waals surface area contributed by atoms with E-state index in [0.717, 1.165) is 12.8 Å². The molecule has 0 aliphatic carbocycles. The quantitative estimate of drug-likeness (QED) is 0.599. The van der Waals surface area contributed by atoms with E-state index in [1.165, 1.54) is 6.07 Å². The van der Waals surface area contributed by atoms with Crippen LogP contribution in [-0.4, -0.2) is 39.3 Å². The fourth-order valence-corrected chi connectivity index (χ4v) is 3.71. The molecule has 0 saturated carbocycles. The number of sulfonamides is 1. The number of rotatable bonds is 8. The Hall–Kier alpha value is -1.93. The average molecular weight is 352 g/mol. The Morgan fingerprint density at radius 1 is 1.33 bits per heavy atom. The maximum Gasteiger partial charge on any atom is 0.263 e. The fourth-order valence-electron chi connectivity index (χ4n) is 2.47. The molecular formula is C16H24N4O3S. The van der Waals surface area contributed by atoms with E-state index in [0.29, 0.717) is 31.5 Å². The Morgan fingerprint density at radius 3 is 2.79 bits per heavy atom. The number of nitrogens with two attached hydrogens (primary N) is 1. The first-order valence-electron chi connectivity index (χ1n) is 8.17. The van der Waals surface area contributed by atoms with Crippen molar-refractivity contribution < 1.29 is 13.2 Å². The van der Waals surface area contributed by atoms with Crippen molar-refractivity contribution in [3.8, 4) is 0 Å². The Bertz CT molecular complexity index is 716. The van der Waals surface area contributed by atoms with Crippen LogP contribution in [0.2, 0.25) is 0 Å². The topological polar surface area (TPSA) is 114 Å². The minimum absolute atomic E-state index is 0.196. The lowest BCUT2D eigenvalue weighted by atomic mass is 10.1. The number of nitrogens with zero attached hydrogens (tertiary/aromatic N) is 1. The minimum Gasteiger partial charge on any atom is -0.354 e. The summed E-state index contributed by atoms with van der Waals surface area (Å²) in [6.07, 6.45) is 3.02. The van der Waals surface area contributed by atoms with E-state index in [-0.39, 0.29) is 16.6 Å². The standard InChI is InChI=1S/C16H24N4O3S/c1-2-3-8-13(16(21)18-11-6-10-17)19-15-12-7-4-5-9-14(12)24(22,23)20-15/h4-5,7,9,13H,2-3,6,8,10-11,17H2,1H3,(H,18,21)(H,19,20). The van der Waals surface area contributed by atoms with Gasteiger partial charge in [0.25, 0.3) is 10.0 Å². The van der Waals surface area contributed by atoms with Crippen molar-refractivity contribution in [3.63, 3.8) is 0 Å². The van der Waals surface area contributed by atoms with E-state index in [9.17, 15) is 13.2 Å². The second-order valence-electron chi connectivity index (χ2n) is 5.67. The maximum absolute atomic E-state index is 12.3. The highest BCUT2D eigenvalue weighted by Crippen LogP contribution is 2.23. The van der Waals surface area contributed by atoms with Gasteiger partial charge in [-0.2, -0.15) is 0 Å². The van der Waals surface area contributed by atoms with Crippen molar-refractivity contribution in [2.45, 2.75) is 43.5 Å². The zero-order chi connectivity index (χ0) is 17.6. The Kier molecular flexibility index (Phi) is 6.33. The molecule has 1 aromatic rings. The van der Waals surface area contributed by atoms with Gasteiger partial charge in [-0.1, -0.05) is 31.9 Å². The first kappa shape index (κ1) is 18.4. The molecule has 0 spiro atoms. The highest BCUT2D eigenvalue weighted by molar-refractivity contribution is 7.90. The van der Waals surface area contributed by atoms with Gasteiger partial charge in [-0.25, -0.2) is 8.42 Å². The second-order valence-corrected chi connectivity index (χ2v) is 7.32. The summed E-state index contributed by atoms with van der Waals surface area (Å²) < 4.78 is 26.7. The first-order chi connectivity index (χ1) is 11.5. The van der Waals surface area contributed by atoms with Gasteiger partial charge >= 0.3 is 0 Å². The van der Waals surface area contributed by atoms with Crippen LogP contribution >= 0.6 is 0 Å². The maximum atomic E-state index is 12.3. The number of hydrogen-bond acceptors (Lipinski definition) is 5. The second kappa shape index (κ2) is 8.25. The normalized spacial score (nSPS) is 18.0. The lowest BCUT2D eigenvalue weighted by molar-refractivity contribution is -0.122. The number of benzene rings is 1. The van der Waals surface area contributed by atoms with E-state index in [4.69, 9.17) is 5.73 Å². The molecule has 1 aliphatic rings. The number of carbonyl (C=O) groups excluding carboxylic acids is 1. The molecule has 0 bridgehead atoms. The van der Waals surface area contributed by atoms with Crippen LogP contribution in [0.4, 0.5) is 0 Å². The molecule has 0 saturated heterocycles. The van der Waals surface area contributed by atoms with Crippen molar-refractivity contribution in [2.24, 2.45) is 10.7 Å². The van der Waals surface area contributed by atoms with Gasteiger partial charge in [0.2, 0.25) is 5.91 Å². The first-order valence-corrected chi connectivity index (χ1v) is 9.65.